The Bertz CT molecular complexity index is 2970. The second-order valence-electron chi connectivity index (χ2n) is 22.0. The van der Waals surface area contributed by atoms with Gasteiger partial charge < -0.3 is 9.80 Å². The quantitative estimate of drug-likeness (QED) is 0.163. The van der Waals surface area contributed by atoms with Gasteiger partial charge in [0.1, 0.15) is 0 Å². The fourth-order valence-corrected chi connectivity index (χ4v) is 10.6. The van der Waals surface area contributed by atoms with Crippen molar-refractivity contribution in [3.05, 3.63) is 191 Å². The van der Waals surface area contributed by atoms with E-state index in [1.165, 1.54) is 106 Å². The number of para-hydroxylation sites is 1. The summed E-state index contributed by atoms with van der Waals surface area (Å²) in [4.78, 5) is 5.18. The molecule has 7 aromatic rings. The summed E-state index contributed by atoms with van der Waals surface area (Å²) in [6.45, 7) is 28.0. The van der Waals surface area contributed by atoms with Crippen molar-refractivity contribution >= 4 is 51.8 Å². The van der Waals surface area contributed by atoms with E-state index in [0.29, 0.717) is 0 Å². The Morgan fingerprint density at radius 3 is 1.56 bits per heavy atom. The van der Waals surface area contributed by atoms with Crippen LogP contribution in [-0.4, -0.2) is 6.71 Å². The summed E-state index contributed by atoms with van der Waals surface area (Å²) in [7, 11) is 0. The van der Waals surface area contributed by atoms with Crippen molar-refractivity contribution < 1.29 is 0 Å². The molecule has 2 nitrogen and oxygen atoms in total. The summed E-state index contributed by atoms with van der Waals surface area (Å²) in [6, 6.07) is 58.3. The van der Waals surface area contributed by atoms with Gasteiger partial charge in [-0.25, -0.2) is 0 Å². The van der Waals surface area contributed by atoms with E-state index in [1.807, 2.05) is 0 Å². The Hall–Kier alpha value is -6.06. The van der Waals surface area contributed by atoms with Crippen molar-refractivity contribution in [1.82, 2.24) is 0 Å². The molecular weight excluding hydrogens is 759 g/mol. The van der Waals surface area contributed by atoms with E-state index >= 15 is 0 Å². The molecule has 0 bridgehead atoms. The number of hydrogen-bond acceptors (Lipinski definition) is 2. The summed E-state index contributed by atoms with van der Waals surface area (Å²) in [5.41, 5.74) is 24.5. The van der Waals surface area contributed by atoms with E-state index < -0.39 is 0 Å². The molecule has 7 aromatic carbocycles. The van der Waals surface area contributed by atoms with Crippen LogP contribution in [0.25, 0.3) is 28.0 Å². The predicted molar refractivity (Wildman–Crippen MR) is 273 cm³/mol. The molecule has 0 atom stereocenters. The summed E-state index contributed by atoms with van der Waals surface area (Å²) in [5.74, 6) is 0. The van der Waals surface area contributed by atoms with Crippen LogP contribution in [0, 0.1) is 6.92 Å². The molecular formula is C60H61BN2. The second kappa shape index (κ2) is 14.2. The fraction of sp³-hybridized carbons (Fsp3) is 0.267. The third-order valence-electron chi connectivity index (χ3n) is 14.2. The summed E-state index contributed by atoms with van der Waals surface area (Å²) in [6.07, 6.45) is 0. The number of hydrogen-bond donors (Lipinski definition) is 0. The van der Waals surface area contributed by atoms with Crippen LogP contribution in [0.2, 0.25) is 0 Å². The third kappa shape index (κ3) is 6.69. The van der Waals surface area contributed by atoms with Crippen molar-refractivity contribution in [1.29, 1.82) is 0 Å². The third-order valence-corrected chi connectivity index (χ3v) is 14.2. The van der Waals surface area contributed by atoms with E-state index in [0.717, 1.165) is 0 Å². The zero-order valence-corrected chi connectivity index (χ0v) is 39.4. The van der Waals surface area contributed by atoms with Gasteiger partial charge in [-0.3, -0.25) is 0 Å². The Labute approximate surface area is 377 Å². The Morgan fingerprint density at radius 2 is 0.968 bits per heavy atom. The molecule has 0 fully saturated rings. The number of allylic oxidation sites excluding steroid dienone is 1. The van der Waals surface area contributed by atoms with Crippen LogP contribution in [0.1, 0.15) is 110 Å². The molecule has 0 N–H and O–H groups in total. The highest BCUT2D eigenvalue weighted by molar-refractivity contribution is 6.96. The molecule has 0 unspecified atom stereocenters. The highest BCUT2D eigenvalue weighted by Crippen LogP contribution is 2.57. The van der Waals surface area contributed by atoms with Crippen LogP contribution < -0.4 is 20.7 Å². The minimum atomic E-state index is -0.261. The van der Waals surface area contributed by atoms with Gasteiger partial charge in [0.05, 0.1) is 0 Å². The van der Waals surface area contributed by atoms with Crippen molar-refractivity contribution in [2.45, 2.75) is 105 Å². The molecule has 1 aliphatic carbocycles. The van der Waals surface area contributed by atoms with Crippen LogP contribution in [-0.2, 0) is 21.7 Å². The molecule has 314 valence electrons. The molecule has 0 amide bonds. The SMILES string of the molecule is Cc1cc2c3c(c1)N(c1ccccc1)c1cc(-c4ccc(C(C)(C)C)cc4)ccc1B3C1=C(c3ccc(C(C)(C)C)cc3C1(C)C)N2c1cccc(-c2ccc(C(C)(C)C)cc2)c1. The van der Waals surface area contributed by atoms with E-state index in [9.17, 15) is 0 Å². The minimum Gasteiger partial charge on any atom is -0.311 e. The Morgan fingerprint density at radius 1 is 0.444 bits per heavy atom. The van der Waals surface area contributed by atoms with Gasteiger partial charge in [0, 0.05) is 45.1 Å². The molecule has 63 heavy (non-hydrogen) atoms. The van der Waals surface area contributed by atoms with Crippen molar-refractivity contribution in [2.75, 3.05) is 9.80 Å². The molecule has 0 spiro atoms. The van der Waals surface area contributed by atoms with Crippen LogP contribution in [0.4, 0.5) is 28.4 Å². The highest BCUT2D eigenvalue weighted by atomic mass is 15.2. The first kappa shape index (κ1) is 41.0. The van der Waals surface area contributed by atoms with Crippen molar-refractivity contribution in [2.24, 2.45) is 0 Å². The topological polar surface area (TPSA) is 6.48 Å². The van der Waals surface area contributed by atoms with Crippen LogP contribution in [0.15, 0.2) is 157 Å². The number of aryl methyl sites for hydroxylation is 1. The Balaban J connectivity index is 1.25. The lowest BCUT2D eigenvalue weighted by Gasteiger charge is -2.46. The van der Waals surface area contributed by atoms with Crippen LogP contribution in [0.5, 0.6) is 0 Å². The maximum atomic E-state index is 2.63. The molecule has 3 heteroatoms. The lowest BCUT2D eigenvalue weighted by atomic mass is 9.30. The molecule has 3 aliphatic rings. The lowest BCUT2D eigenvalue weighted by molar-refractivity contribution is 0.584. The molecule has 2 aliphatic heterocycles. The van der Waals surface area contributed by atoms with Gasteiger partial charge in [-0.15, -0.1) is 0 Å². The maximum Gasteiger partial charge on any atom is 0.248 e. The molecule has 0 saturated heterocycles. The van der Waals surface area contributed by atoms with Gasteiger partial charge in [0.15, 0.2) is 0 Å². The van der Waals surface area contributed by atoms with Crippen LogP contribution in [0.3, 0.4) is 0 Å². The summed E-state index contributed by atoms with van der Waals surface area (Å²) >= 11 is 0. The highest BCUT2D eigenvalue weighted by Gasteiger charge is 2.53. The van der Waals surface area contributed by atoms with Gasteiger partial charge in [0.2, 0.25) is 6.71 Å². The zero-order valence-electron chi connectivity index (χ0n) is 39.4. The molecule has 0 radical (unpaired) electrons. The van der Waals surface area contributed by atoms with E-state index in [-0.39, 0.29) is 28.4 Å². The first-order valence-electron chi connectivity index (χ1n) is 23.0. The monoisotopic (exact) mass is 820 g/mol. The van der Waals surface area contributed by atoms with E-state index in [1.54, 1.807) is 0 Å². The maximum absolute atomic E-state index is 2.63. The van der Waals surface area contributed by atoms with Crippen LogP contribution >= 0.6 is 0 Å². The standard InChI is InChI=1S/C60H61BN2/c1-38-33-52-54-53(34-38)63(47-20-16-17-41(35-47)39-21-26-43(27-22-39)57(2,3)4)55-48-31-30-45(59(8,9)10)37-49(48)60(11,12)56(55)61(54)50-32-25-42(40-23-28-44(29-24-40)58(5,6)7)36-51(50)62(52)46-18-14-13-15-19-46/h13-37H,1-12H3. The van der Waals surface area contributed by atoms with Crippen molar-refractivity contribution in [3.8, 4) is 22.3 Å². The minimum absolute atomic E-state index is 0.0209. The summed E-state index contributed by atoms with van der Waals surface area (Å²) < 4.78 is 0. The van der Waals surface area contributed by atoms with E-state index in [4.69, 9.17) is 0 Å². The fourth-order valence-electron chi connectivity index (χ4n) is 10.6. The Kier molecular flexibility index (Phi) is 9.26. The zero-order chi connectivity index (χ0) is 44.4. The molecule has 0 aromatic heterocycles. The average Bonchev–Trinajstić information content (AvgIpc) is 3.48. The van der Waals surface area contributed by atoms with Gasteiger partial charge in [-0.2, -0.15) is 0 Å². The van der Waals surface area contributed by atoms with Gasteiger partial charge in [0.25, 0.3) is 0 Å². The second-order valence-corrected chi connectivity index (χ2v) is 22.0. The number of fused-ring (bicyclic) bond motifs is 5. The lowest BCUT2D eigenvalue weighted by Crippen LogP contribution is -2.57. The average molecular weight is 821 g/mol. The normalized spacial score (nSPS) is 15.3. The van der Waals surface area contributed by atoms with Crippen molar-refractivity contribution in [3.63, 3.8) is 0 Å². The van der Waals surface area contributed by atoms with Gasteiger partial charge in [-0.1, -0.05) is 191 Å². The molecule has 2 heterocycles. The number of benzene rings is 7. The number of rotatable bonds is 4. The molecule has 0 saturated carbocycles. The van der Waals surface area contributed by atoms with Gasteiger partial charge >= 0.3 is 0 Å². The number of anilines is 5. The molecule has 10 rings (SSSR count). The van der Waals surface area contributed by atoms with Gasteiger partial charge in [-0.05, 0) is 127 Å². The first-order valence-corrected chi connectivity index (χ1v) is 23.0. The summed E-state index contributed by atoms with van der Waals surface area (Å²) in [5, 5.41) is 0. The number of nitrogens with zero attached hydrogens (tertiary/aromatic N) is 2. The largest absolute Gasteiger partial charge is 0.311 e. The predicted octanol–water partition coefficient (Wildman–Crippen LogP) is 15.0. The smallest absolute Gasteiger partial charge is 0.248 e. The van der Waals surface area contributed by atoms with E-state index in [2.05, 4.69) is 245 Å². The first-order chi connectivity index (χ1) is 29.8.